The normalized spacial score (nSPS) is 12.8. The number of alkyl carbamates (subject to hydrolysis) is 1. The minimum Gasteiger partial charge on any atom is -0.481 e. The molecule has 0 fully saturated rings. The quantitative estimate of drug-likeness (QED) is 0.475. The fraction of sp³-hybridized carbons (Fsp3) is 0.250. The fourth-order valence-corrected chi connectivity index (χ4v) is 4.49. The van der Waals surface area contributed by atoms with Crippen LogP contribution in [-0.4, -0.2) is 48.2 Å². The number of likely N-dealkylation sites (N-methyl/N-ethyl adjacent to an activating group) is 1. The van der Waals surface area contributed by atoms with E-state index in [0.717, 1.165) is 22.3 Å². The zero-order valence-electron chi connectivity index (χ0n) is 19.5. The number of benzene rings is 3. The number of rotatable bonds is 9. The molecule has 3 aromatic carbocycles. The van der Waals surface area contributed by atoms with Gasteiger partial charge in [-0.3, -0.25) is 9.59 Å². The van der Waals surface area contributed by atoms with Crippen LogP contribution < -0.4 is 5.32 Å². The molecule has 2 N–H and O–H groups in total. The van der Waals surface area contributed by atoms with Crippen molar-refractivity contribution in [2.75, 3.05) is 20.2 Å². The summed E-state index contributed by atoms with van der Waals surface area (Å²) >= 11 is 0. The Morgan fingerprint density at radius 2 is 1.49 bits per heavy atom. The van der Waals surface area contributed by atoms with Crippen molar-refractivity contribution in [3.63, 3.8) is 0 Å². The zero-order valence-corrected chi connectivity index (χ0v) is 19.5. The minimum atomic E-state index is -0.943. The molecule has 0 heterocycles. The first kappa shape index (κ1) is 24.0. The smallest absolute Gasteiger partial charge is 0.408 e. The molecule has 1 atom stereocenters. The van der Waals surface area contributed by atoms with E-state index in [1.54, 1.807) is 31.3 Å². The van der Waals surface area contributed by atoms with Gasteiger partial charge < -0.3 is 20.1 Å². The second-order valence-corrected chi connectivity index (χ2v) is 8.57. The Morgan fingerprint density at radius 3 is 2.09 bits per heavy atom. The molecule has 0 saturated heterocycles. The van der Waals surface area contributed by atoms with Gasteiger partial charge in [0.1, 0.15) is 12.6 Å². The summed E-state index contributed by atoms with van der Waals surface area (Å²) in [4.78, 5) is 38.3. The monoisotopic (exact) mass is 472 g/mol. The van der Waals surface area contributed by atoms with Gasteiger partial charge >= 0.3 is 12.1 Å². The predicted octanol–water partition coefficient (Wildman–Crippen LogP) is 4.59. The highest BCUT2D eigenvalue weighted by atomic mass is 16.5. The molecule has 0 spiro atoms. The van der Waals surface area contributed by atoms with Crippen LogP contribution in [0.4, 0.5) is 4.79 Å². The standard InChI is InChI=1S/C28H28N2O5/c1-30(17-9-16-25(31)32)27(33)26(19-10-3-2-4-11-19)29-28(34)35-18-24-22-14-7-5-12-20(22)21-13-6-8-15-23(21)24/h2-8,10-15,24,26H,9,16-18H2,1H3,(H,29,34)(H,31,32)/t26-/m0/s1. The van der Waals surface area contributed by atoms with E-state index in [1.165, 1.54) is 4.90 Å². The second-order valence-electron chi connectivity index (χ2n) is 8.57. The number of hydrogen-bond donors (Lipinski definition) is 2. The molecule has 0 radical (unpaired) electrons. The van der Waals surface area contributed by atoms with Crippen molar-refractivity contribution in [2.24, 2.45) is 0 Å². The summed E-state index contributed by atoms with van der Waals surface area (Å²) in [6, 6.07) is 24.2. The maximum absolute atomic E-state index is 13.2. The van der Waals surface area contributed by atoms with Gasteiger partial charge in [0.05, 0.1) is 0 Å². The first-order valence-electron chi connectivity index (χ1n) is 11.6. The van der Waals surface area contributed by atoms with Crippen molar-refractivity contribution in [1.82, 2.24) is 10.2 Å². The lowest BCUT2D eigenvalue weighted by molar-refractivity contribution is -0.138. The Balaban J connectivity index is 1.45. The SMILES string of the molecule is CN(CCCC(=O)O)C(=O)[C@@H](NC(=O)OCC1c2ccccc2-c2ccccc21)c1ccccc1. The molecule has 7 heteroatoms. The first-order valence-corrected chi connectivity index (χ1v) is 11.6. The van der Waals surface area contributed by atoms with E-state index in [-0.39, 0.29) is 31.4 Å². The highest BCUT2D eigenvalue weighted by molar-refractivity contribution is 5.87. The summed E-state index contributed by atoms with van der Waals surface area (Å²) in [5.41, 5.74) is 5.11. The predicted molar refractivity (Wildman–Crippen MR) is 132 cm³/mol. The number of nitrogens with one attached hydrogen (secondary N) is 1. The first-order chi connectivity index (χ1) is 17.0. The Labute approximate surface area is 204 Å². The maximum atomic E-state index is 13.2. The van der Waals surface area contributed by atoms with Crippen LogP contribution in [0.15, 0.2) is 78.9 Å². The molecule has 0 aliphatic heterocycles. The highest BCUT2D eigenvalue weighted by Crippen LogP contribution is 2.44. The summed E-state index contributed by atoms with van der Waals surface area (Å²) in [6.45, 7) is 0.408. The van der Waals surface area contributed by atoms with E-state index in [2.05, 4.69) is 17.4 Å². The summed E-state index contributed by atoms with van der Waals surface area (Å²) < 4.78 is 5.64. The lowest BCUT2D eigenvalue weighted by Gasteiger charge is -2.25. The van der Waals surface area contributed by atoms with Crippen molar-refractivity contribution in [1.29, 1.82) is 0 Å². The van der Waals surface area contributed by atoms with Gasteiger partial charge in [-0.05, 0) is 34.2 Å². The number of hydrogen-bond acceptors (Lipinski definition) is 4. The fourth-order valence-electron chi connectivity index (χ4n) is 4.49. The van der Waals surface area contributed by atoms with E-state index < -0.39 is 18.1 Å². The van der Waals surface area contributed by atoms with Crippen molar-refractivity contribution in [2.45, 2.75) is 24.8 Å². The van der Waals surface area contributed by atoms with Gasteiger partial charge in [0.25, 0.3) is 0 Å². The van der Waals surface area contributed by atoms with E-state index in [9.17, 15) is 14.4 Å². The number of carbonyl (C=O) groups is 3. The molecule has 1 aliphatic carbocycles. The van der Waals surface area contributed by atoms with Crippen LogP contribution in [0.5, 0.6) is 0 Å². The molecular weight excluding hydrogens is 444 g/mol. The van der Waals surface area contributed by atoms with E-state index in [4.69, 9.17) is 9.84 Å². The third kappa shape index (κ3) is 5.51. The summed E-state index contributed by atoms with van der Waals surface area (Å²) in [6.07, 6.45) is -0.398. The lowest BCUT2D eigenvalue weighted by Crippen LogP contribution is -2.42. The van der Waals surface area contributed by atoms with Crippen LogP contribution in [0, 0.1) is 0 Å². The zero-order chi connectivity index (χ0) is 24.8. The molecule has 0 unspecified atom stereocenters. The largest absolute Gasteiger partial charge is 0.481 e. The molecule has 3 aromatic rings. The Morgan fingerprint density at radius 1 is 0.914 bits per heavy atom. The molecule has 4 rings (SSSR count). The van der Waals surface area contributed by atoms with Crippen LogP contribution in [0.3, 0.4) is 0 Å². The Bertz CT molecular complexity index is 1170. The van der Waals surface area contributed by atoms with Crippen molar-refractivity contribution < 1.29 is 24.2 Å². The third-order valence-corrected chi connectivity index (χ3v) is 6.25. The maximum Gasteiger partial charge on any atom is 0.408 e. The van der Waals surface area contributed by atoms with E-state index in [0.29, 0.717) is 12.0 Å². The Kier molecular flexibility index (Phi) is 7.45. The van der Waals surface area contributed by atoms with Crippen molar-refractivity contribution in [3.8, 4) is 11.1 Å². The molecule has 0 aromatic heterocycles. The van der Waals surface area contributed by atoms with E-state index >= 15 is 0 Å². The average molecular weight is 473 g/mol. The van der Waals surface area contributed by atoms with Crippen LogP contribution in [0.2, 0.25) is 0 Å². The molecular formula is C28H28N2O5. The van der Waals surface area contributed by atoms with Crippen molar-refractivity contribution in [3.05, 3.63) is 95.6 Å². The highest BCUT2D eigenvalue weighted by Gasteiger charge is 2.30. The summed E-state index contributed by atoms with van der Waals surface area (Å²) in [5, 5.41) is 11.6. The molecule has 7 nitrogen and oxygen atoms in total. The third-order valence-electron chi connectivity index (χ3n) is 6.25. The van der Waals surface area contributed by atoms with Gasteiger partial charge in [-0.25, -0.2) is 4.79 Å². The molecule has 180 valence electrons. The number of carbonyl (C=O) groups excluding carboxylic acids is 2. The van der Waals surface area contributed by atoms with Gasteiger partial charge in [-0.2, -0.15) is 0 Å². The molecule has 2 amide bonds. The molecule has 0 bridgehead atoms. The second kappa shape index (κ2) is 10.9. The average Bonchev–Trinajstić information content (AvgIpc) is 3.19. The van der Waals surface area contributed by atoms with Crippen LogP contribution in [0.25, 0.3) is 11.1 Å². The summed E-state index contributed by atoms with van der Waals surface area (Å²) in [7, 11) is 1.60. The van der Waals surface area contributed by atoms with Crippen LogP contribution in [0.1, 0.15) is 41.5 Å². The number of amides is 2. The van der Waals surface area contributed by atoms with Gasteiger partial charge in [-0.1, -0.05) is 78.9 Å². The van der Waals surface area contributed by atoms with Gasteiger partial charge in [-0.15, -0.1) is 0 Å². The number of fused-ring (bicyclic) bond motifs is 3. The lowest BCUT2D eigenvalue weighted by atomic mass is 9.98. The van der Waals surface area contributed by atoms with Crippen LogP contribution in [-0.2, 0) is 14.3 Å². The number of nitrogens with zero attached hydrogens (tertiary/aromatic N) is 1. The minimum absolute atomic E-state index is 0.0343. The van der Waals surface area contributed by atoms with E-state index in [1.807, 2.05) is 42.5 Å². The molecule has 0 saturated carbocycles. The van der Waals surface area contributed by atoms with Crippen molar-refractivity contribution >= 4 is 18.0 Å². The van der Waals surface area contributed by atoms with Gasteiger partial charge in [0.15, 0.2) is 0 Å². The molecule has 35 heavy (non-hydrogen) atoms. The van der Waals surface area contributed by atoms with Gasteiger partial charge in [0.2, 0.25) is 5.91 Å². The van der Waals surface area contributed by atoms with Gasteiger partial charge in [0, 0.05) is 25.9 Å². The summed E-state index contributed by atoms with van der Waals surface area (Å²) in [5.74, 6) is -1.34. The molecule has 1 aliphatic rings. The number of ether oxygens (including phenoxy) is 1. The topological polar surface area (TPSA) is 95.9 Å². The number of carboxylic acids is 1. The number of carboxylic acid groups (broad SMARTS) is 1. The van der Waals surface area contributed by atoms with Crippen LogP contribution >= 0.6 is 0 Å². The number of aliphatic carboxylic acids is 1. The Hall–Kier alpha value is -4.13.